The Bertz CT molecular complexity index is 1750. The van der Waals surface area contributed by atoms with Crippen molar-refractivity contribution >= 4 is 27.5 Å². The molecule has 0 spiro atoms. The summed E-state index contributed by atoms with van der Waals surface area (Å²) in [6.45, 7) is 5.45. The molecule has 0 radical (unpaired) electrons. The number of nitrogens with one attached hydrogen (secondary N) is 1. The number of nitrogens with zero attached hydrogens (tertiary/aromatic N) is 2. The van der Waals surface area contributed by atoms with Gasteiger partial charge in [-0.2, -0.15) is 0 Å². The van der Waals surface area contributed by atoms with Gasteiger partial charge in [0.2, 0.25) is 11.8 Å². The summed E-state index contributed by atoms with van der Waals surface area (Å²) < 4.78 is 29.7. The lowest BCUT2D eigenvalue weighted by atomic mass is 10.0. The largest absolute Gasteiger partial charge is 0.352 e. The van der Waals surface area contributed by atoms with Crippen molar-refractivity contribution in [3.8, 4) is 0 Å². The second-order valence-electron chi connectivity index (χ2n) is 12.2. The Labute approximate surface area is 273 Å². The summed E-state index contributed by atoms with van der Waals surface area (Å²) in [5.41, 5.74) is 4.90. The molecule has 7 nitrogen and oxygen atoms in total. The van der Waals surface area contributed by atoms with Crippen LogP contribution in [0, 0.1) is 20.8 Å². The Kier molecular flexibility index (Phi) is 10.6. The fourth-order valence-corrected chi connectivity index (χ4v) is 7.62. The van der Waals surface area contributed by atoms with Crippen LogP contribution < -0.4 is 9.62 Å². The van der Waals surface area contributed by atoms with Crippen molar-refractivity contribution in [2.24, 2.45) is 0 Å². The number of anilines is 1. The first kappa shape index (κ1) is 32.9. The van der Waals surface area contributed by atoms with E-state index in [9.17, 15) is 18.0 Å². The van der Waals surface area contributed by atoms with Gasteiger partial charge in [-0.25, -0.2) is 8.42 Å². The van der Waals surface area contributed by atoms with Gasteiger partial charge in [0.15, 0.2) is 0 Å². The van der Waals surface area contributed by atoms with Crippen LogP contribution in [-0.2, 0) is 32.6 Å². The molecule has 46 heavy (non-hydrogen) atoms. The quantitative estimate of drug-likeness (QED) is 0.192. The Hall–Kier alpha value is -4.43. The van der Waals surface area contributed by atoms with Crippen LogP contribution in [0.25, 0.3) is 0 Å². The molecule has 1 aliphatic rings. The maximum absolute atomic E-state index is 14.7. The van der Waals surface area contributed by atoms with Crippen molar-refractivity contribution in [1.29, 1.82) is 0 Å². The number of carbonyl (C=O) groups is 2. The van der Waals surface area contributed by atoms with E-state index in [0.717, 1.165) is 53.5 Å². The topological polar surface area (TPSA) is 86.8 Å². The third-order valence-electron chi connectivity index (χ3n) is 9.03. The molecule has 0 heterocycles. The standard InChI is InChI=1S/C38H43N3O4S/c1-28-16-14-24-35(30(28)3)41(46(44,45)34-22-8-5-9-23-34)27-37(42)40(26-32-19-11-10-15-29(32)2)36(25-31-17-6-4-7-18-31)38(43)39-33-20-12-13-21-33/h4-11,14-19,22-24,33,36H,12-13,20-21,25-27H2,1-3H3,(H,39,43)/t36-/m0/s1. The minimum absolute atomic E-state index is 0.0612. The van der Waals surface area contributed by atoms with Crippen molar-refractivity contribution in [2.75, 3.05) is 10.8 Å². The molecule has 1 aliphatic carbocycles. The van der Waals surface area contributed by atoms with Gasteiger partial charge in [0.1, 0.15) is 12.6 Å². The van der Waals surface area contributed by atoms with E-state index in [1.165, 1.54) is 16.4 Å². The van der Waals surface area contributed by atoms with Crippen LogP contribution in [0.5, 0.6) is 0 Å². The lowest BCUT2D eigenvalue weighted by Crippen LogP contribution is -2.54. The number of rotatable bonds is 12. The highest BCUT2D eigenvalue weighted by atomic mass is 32.2. The van der Waals surface area contributed by atoms with Gasteiger partial charge in [0.25, 0.3) is 10.0 Å². The predicted molar refractivity (Wildman–Crippen MR) is 183 cm³/mol. The first-order valence-corrected chi connectivity index (χ1v) is 17.4. The average molecular weight is 638 g/mol. The number of sulfonamides is 1. The zero-order chi connectivity index (χ0) is 32.7. The lowest BCUT2D eigenvalue weighted by molar-refractivity contribution is -0.140. The van der Waals surface area contributed by atoms with Crippen molar-refractivity contribution in [2.45, 2.75) is 76.4 Å². The normalized spacial score (nSPS) is 14.1. The predicted octanol–water partition coefficient (Wildman–Crippen LogP) is 6.51. The highest BCUT2D eigenvalue weighted by Gasteiger charge is 2.36. The summed E-state index contributed by atoms with van der Waals surface area (Å²) in [6.07, 6.45) is 4.23. The van der Waals surface area contributed by atoms with Crippen LogP contribution in [0.2, 0.25) is 0 Å². The molecule has 5 rings (SSSR count). The summed E-state index contributed by atoms with van der Waals surface area (Å²) in [7, 11) is -4.14. The van der Waals surface area contributed by atoms with Gasteiger partial charge in [-0.05, 0) is 79.6 Å². The highest BCUT2D eigenvalue weighted by molar-refractivity contribution is 7.92. The molecule has 1 N–H and O–H groups in total. The molecule has 240 valence electrons. The summed E-state index contributed by atoms with van der Waals surface area (Å²) in [4.78, 5) is 30.6. The number of hydrogen-bond acceptors (Lipinski definition) is 4. The van der Waals surface area contributed by atoms with Crippen LogP contribution in [-0.4, -0.2) is 43.8 Å². The molecule has 1 saturated carbocycles. The molecule has 4 aromatic rings. The van der Waals surface area contributed by atoms with Gasteiger partial charge in [-0.15, -0.1) is 0 Å². The molecule has 1 fully saturated rings. The third kappa shape index (κ3) is 7.68. The maximum Gasteiger partial charge on any atom is 0.264 e. The zero-order valence-corrected chi connectivity index (χ0v) is 27.7. The Balaban J connectivity index is 1.59. The zero-order valence-electron chi connectivity index (χ0n) is 26.9. The Morgan fingerprint density at radius 2 is 1.39 bits per heavy atom. The van der Waals surface area contributed by atoms with Gasteiger partial charge in [0.05, 0.1) is 10.6 Å². The van der Waals surface area contributed by atoms with Crippen molar-refractivity contribution in [3.63, 3.8) is 0 Å². The molecule has 2 amide bonds. The summed E-state index contributed by atoms with van der Waals surface area (Å²) in [5, 5.41) is 3.23. The fourth-order valence-electron chi connectivity index (χ4n) is 6.13. The summed E-state index contributed by atoms with van der Waals surface area (Å²) >= 11 is 0. The van der Waals surface area contributed by atoms with Crippen molar-refractivity contribution < 1.29 is 18.0 Å². The van der Waals surface area contributed by atoms with E-state index in [2.05, 4.69) is 5.32 Å². The second kappa shape index (κ2) is 14.8. The Morgan fingerprint density at radius 3 is 2.07 bits per heavy atom. The summed E-state index contributed by atoms with van der Waals surface area (Å²) in [5.74, 6) is -0.673. The van der Waals surface area contributed by atoms with Gasteiger partial charge < -0.3 is 10.2 Å². The minimum Gasteiger partial charge on any atom is -0.352 e. The Morgan fingerprint density at radius 1 is 0.783 bits per heavy atom. The molecule has 1 atom stereocenters. The molecule has 8 heteroatoms. The van der Waals surface area contributed by atoms with Crippen LogP contribution in [0.15, 0.2) is 108 Å². The number of hydrogen-bond donors (Lipinski definition) is 1. The number of carbonyl (C=O) groups excluding carboxylic acids is 2. The van der Waals surface area contributed by atoms with Crippen LogP contribution in [0.3, 0.4) is 0 Å². The molecule has 0 aromatic heterocycles. The van der Waals surface area contributed by atoms with E-state index >= 15 is 0 Å². The van der Waals surface area contributed by atoms with Crippen molar-refractivity contribution in [3.05, 3.63) is 131 Å². The monoisotopic (exact) mass is 637 g/mol. The fraction of sp³-hybridized carbons (Fsp3) is 0.316. The molecular formula is C38H43N3O4S. The molecule has 4 aromatic carbocycles. The second-order valence-corrected chi connectivity index (χ2v) is 14.0. The van der Waals surface area contributed by atoms with Crippen LogP contribution >= 0.6 is 0 Å². The van der Waals surface area contributed by atoms with Gasteiger partial charge in [0, 0.05) is 19.0 Å². The SMILES string of the molecule is Cc1ccccc1CN(C(=O)CN(c1cccc(C)c1C)S(=O)(=O)c1ccccc1)[C@@H](Cc1ccccc1)C(=O)NC1CCCC1. The minimum atomic E-state index is -4.14. The molecule has 0 bridgehead atoms. The van der Waals surface area contributed by atoms with Crippen LogP contribution in [0.4, 0.5) is 5.69 Å². The van der Waals surface area contributed by atoms with Gasteiger partial charge in [-0.1, -0.05) is 97.8 Å². The van der Waals surface area contributed by atoms with Gasteiger partial charge in [-0.3, -0.25) is 13.9 Å². The van der Waals surface area contributed by atoms with Crippen LogP contribution in [0.1, 0.15) is 53.5 Å². The smallest absolute Gasteiger partial charge is 0.264 e. The summed E-state index contributed by atoms with van der Waals surface area (Å²) in [6, 6.07) is 30.3. The van der Waals surface area contributed by atoms with E-state index < -0.39 is 28.5 Å². The molecule has 0 saturated heterocycles. The van der Waals surface area contributed by atoms with Gasteiger partial charge >= 0.3 is 0 Å². The van der Waals surface area contributed by atoms with E-state index in [0.29, 0.717) is 12.1 Å². The van der Waals surface area contributed by atoms with Crippen molar-refractivity contribution in [1.82, 2.24) is 10.2 Å². The van der Waals surface area contributed by atoms with E-state index in [4.69, 9.17) is 0 Å². The number of aryl methyl sites for hydroxylation is 2. The van der Waals surface area contributed by atoms with E-state index in [1.54, 1.807) is 35.2 Å². The maximum atomic E-state index is 14.7. The average Bonchev–Trinajstić information content (AvgIpc) is 3.57. The highest BCUT2D eigenvalue weighted by Crippen LogP contribution is 2.29. The number of benzene rings is 4. The molecular weight excluding hydrogens is 595 g/mol. The van der Waals surface area contributed by atoms with E-state index in [-0.39, 0.29) is 23.4 Å². The first-order chi connectivity index (χ1) is 22.1. The molecule has 0 aliphatic heterocycles. The molecule has 0 unspecified atom stereocenters. The third-order valence-corrected chi connectivity index (χ3v) is 10.8. The first-order valence-electron chi connectivity index (χ1n) is 16.0. The number of amides is 2. The van der Waals surface area contributed by atoms with E-state index in [1.807, 2.05) is 81.4 Å². The lowest BCUT2D eigenvalue weighted by Gasteiger charge is -2.35.